The molecule has 0 saturated carbocycles. The molecule has 1 atom stereocenters. The Morgan fingerprint density at radius 1 is 1.35 bits per heavy atom. The Kier molecular flexibility index (Phi) is 5.68. The summed E-state index contributed by atoms with van der Waals surface area (Å²) in [6, 6.07) is 0. The maximum absolute atomic E-state index is 11.9. The molecule has 0 bridgehead atoms. The van der Waals surface area contributed by atoms with Crippen molar-refractivity contribution in [1.82, 2.24) is 20.5 Å². The largest absolute Gasteiger partial charge is 0.391 e. The SMILES string of the molecule is CCC(CC)C(O)CNC(=O)c1n[nH]c(C(C)(C)C)n1. The van der Waals surface area contributed by atoms with E-state index in [2.05, 4.69) is 20.5 Å². The van der Waals surface area contributed by atoms with Crippen molar-refractivity contribution in [1.29, 1.82) is 0 Å². The second-order valence-electron chi connectivity index (χ2n) is 6.11. The second-order valence-corrected chi connectivity index (χ2v) is 6.11. The number of nitrogens with zero attached hydrogens (tertiary/aromatic N) is 2. The van der Waals surface area contributed by atoms with E-state index >= 15 is 0 Å². The predicted molar refractivity (Wildman–Crippen MR) is 77.5 cm³/mol. The maximum Gasteiger partial charge on any atom is 0.291 e. The Hall–Kier alpha value is -1.43. The molecule has 1 aromatic rings. The van der Waals surface area contributed by atoms with Crippen molar-refractivity contribution in [2.45, 2.75) is 59.0 Å². The van der Waals surface area contributed by atoms with Crippen LogP contribution in [0.25, 0.3) is 0 Å². The molecule has 0 aliphatic heterocycles. The molecule has 114 valence electrons. The molecule has 0 fully saturated rings. The monoisotopic (exact) mass is 282 g/mol. The number of nitrogens with one attached hydrogen (secondary N) is 2. The maximum atomic E-state index is 11.9. The minimum Gasteiger partial charge on any atom is -0.391 e. The van der Waals surface area contributed by atoms with Gasteiger partial charge in [-0.25, -0.2) is 4.98 Å². The van der Waals surface area contributed by atoms with Crippen LogP contribution in [0.15, 0.2) is 0 Å². The number of aliphatic hydroxyl groups excluding tert-OH is 1. The summed E-state index contributed by atoms with van der Waals surface area (Å²) >= 11 is 0. The van der Waals surface area contributed by atoms with Gasteiger partial charge in [-0.3, -0.25) is 9.89 Å². The average Bonchev–Trinajstić information content (AvgIpc) is 2.87. The zero-order chi connectivity index (χ0) is 15.3. The van der Waals surface area contributed by atoms with Gasteiger partial charge in [-0.05, 0) is 5.92 Å². The molecule has 0 spiro atoms. The molecule has 1 unspecified atom stereocenters. The van der Waals surface area contributed by atoms with Crippen molar-refractivity contribution < 1.29 is 9.90 Å². The van der Waals surface area contributed by atoms with Crippen LogP contribution in [-0.4, -0.2) is 38.8 Å². The molecule has 1 rings (SSSR count). The topological polar surface area (TPSA) is 90.9 Å². The Morgan fingerprint density at radius 2 is 1.95 bits per heavy atom. The molecule has 0 saturated heterocycles. The van der Waals surface area contributed by atoms with E-state index in [1.807, 2.05) is 34.6 Å². The number of hydrogen-bond donors (Lipinski definition) is 3. The van der Waals surface area contributed by atoms with E-state index in [1.165, 1.54) is 0 Å². The minimum absolute atomic E-state index is 0.117. The predicted octanol–water partition coefficient (Wildman–Crippen LogP) is 1.63. The van der Waals surface area contributed by atoms with Crippen molar-refractivity contribution in [2.75, 3.05) is 6.54 Å². The van der Waals surface area contributed by atoms with Gasteiger partial charge in [-0.1, -0.05) is 47.5 Å². The van der Waals surface area contributed by atoms with E-state index < -0.39 is 6.10 Å². The Bertz CT molecular complexity index is 433. The number of rotatable bonds is 6. The number of aromatic nitrogens is 3. The molecule has 0 aromatic carbocycles. The van der Waals surface area contributed by atoms with Crippen molar-refractivity contribution in [3.63, 3.8) is 0 Å². The van der Waals surface area contributed by atoms with Crippen molar-refractivity contribution >= 4 is 5.91 Å². The van der Waals surface area contributed by atoms with Gasteiger partial charge in [0.2, 0.25) is 5.82 Å². The minimum atomic E-state index is -0.532. The van der Waals surface area contributed by atoms with Crippen LogP contribution in [-0.2, 0) is 5.41 Å². The van der Waals surface area contributed by atoms with Crippen LogP contribution >= 0.6 is 0 Å². The van der Waals surface area contributed by atoms with E-state index in [0.717, 1.165) is 12.8 Å². The summed E-state index contributed by atoms with van der Waals surface area (Å²) in [4.78, 5) is 16.1. The molecule has 0 aliphatic carbocycles. The molecule has 1 heterocycles. The van der Waals surface area contributed by atoms with Crippen LogP contribution < -0.4 is 5.32 Å². The van der Waals surface area contributed by atoms with E-state index in [-0.39, 0.29) is 29.6 Å². The zero-order valence-electron chi connectivity index (χ0n) is 13.0. The summed E-state index contributed by atoms with van der Waals surface area (Å²) in [5, 5.41) is 19.3. The van der Waals surface area contributed by atoms with Gasteiger partial charge in [0.05, 0.1) is 6.10 Å². The molecule has 6 heteroatoms. The van der Waals surface area contributed by atoms with Gasteiger partial charge in [0.1, 0.15) is 5.82 Å². The number of H-pyrrole nitrogens is 1. The van der Waals surface area contributed by atoms with Crippen molar-refractivity contribution in [2.24, 2.45) is 5.92 Å². The first-order valence-electron chi connectivity index (χ1n) is 7.18. The first kappa shape index (κ1) is 16.6. The van der Waals surface area contributed by atoms with Crippen LogP contribution in [0.1, 0.15) is 63.9 Å². The van der Waals surface area contributed by atoms with Crippen LogP contribution in [0, 0.1) is 5.92 Å². The van der Waals surface area contributed by atoms with Gasteiger partial charge in [0, 0.05) is 12.0 Å². The van der Waals surface area contributed by atoms with Gasteiger partial charge < -0.3 is 10.4 Å². The molecule has 1 aromatic heterocycles. The standard InChI is InChI=1S/C14H26N4O2/c1-6-9(7-2)10(19)8-15-12(20)11-16-13(18-17-11)14(3,4)5/h9-10,19H,6-8H2,1-5H3,(H,15,20)(H,16,17,18). The Morgan fingerprint density at radius 3 is 2.40 bits per heavy atom. The van der Waals surface area contributed by atoms with Crippen LogP contribution in [0.3, 0.4) is 0 Å². The molecule has 0 aliphatic rings. The third-order valence-corrected chi connectivity index (χ3v) is 3.46. The van der Waals surface area contributed by atoms with E-state index in [0.29, 0.717) is 5.82 Å². The lowest BCUT2D eigenvalue weighted by Gasteiger charge is -2.19. The number of hydrogen-bond acceptors (Lipinski definition) is 4. The first-order valence-corrected chi connectivity index (χ1v) is 7.18. The number of aliphatic hydroxyl groups is 1. The Balaban J connectivity index is 2.57. The summed E-state index contributed by atoms with van der Waals surface area (Å²) in [6.07, 6.45) is 1.25. The quantitative estimate of drug-likeness (QED) is 0.739. The average molecular weight is 282 g/mol. The van der Waals surface area contributed by atoms with Gasteiger partial charge in [-0.2, -0.15) is 0 Å². The van der Waals surface area contributed by atoms with Gasteiger partial charge >= 0.3 is 0 Å². The number of carbonyl (C=O) groups excluding carboxylic acids is 1. The summed E-state index contributed by atoms with van der Waals surface area (Å²) in [5.41, 5.74) is -0.180. The highest BCUT2D eigenvalue weighted by atomic mass is 16.3. The first-order chi connectivity index (χ1) is 9.29. The highest BCUT2D eigenvalue weighted by molar-refractivity contribution is 5.90. The fourth-order valence-corrected chi connectivity index (χ4v) is 1.97. The zero-order valence-corrected chi connectivity index (χ0v) is 13.0. The van der Waals surface area contributed by atoms with Gasteiger partial charge in [0.15, 0.2) is 0 Å². The number of carbonyl (C=O) groups is 1. The highest BCUT2D eigenvalue weighted by Crippen LogP contribution is 2.17. The van der Waals surface area contributed by atoms with Crippen LogP contribution in [0.4, 0.5) is 0 Å². The van der Waals surface area contributed by atoms with Crippen molar-refractivity contribution in [3.05, 3.63) is 11.6 Å². The van der Waals surface area contributed by atoms with Crippen LogP contribution in [0.5, 0.6) is 0 Å². The molecule has 3 N–H and O–H groups in total. The smallest absolute Gasteiger partial charge is 0.291 e. The third kappa shape index (κ3) is 4.30. The summed E-state index contributed by atoms with van der Waals surface area (Å²) in [6.45, 7) is 10.3. The van der Waals surface area contributed by atoms with E-state index in [4.69, 9.17) is 0 Å². The molecular weight excluding hydrogens is 256 g/mol. The lowest BCUT2D eigenvalue weighted by molar-refractivity contribution is 0.0809. The third-order valence-electron chi connectivity index (χ3n) is 3.46. The van der Waals surface area contributed by atoms with Gasteiger partial charge in [0.25, 0.3) is 5.91 Å². The highest BCUT2D eigenvalue weighted by Gasteiger charge is 2.22. The lowest BCUT2D eigenvalue weighted by Crippen LogP contribution is -2.36. The number of aromatic amines is 1. The lowest BCUT2D eigenvalue weighted by atomic mass is 9.96. The number of amides is 1. The molecule has 0 radical (unpaired) electrons. The van der Waals surface area contributed by atoms with E-state index in [9.17, 15) is 9.90 Å². The Labute approximate surface area is 120 Å². The van der Waals surface area contributed by atoms with Crippen LogP contribution in [0.2, 0.25) is 0 Å². The summed E-state index contributed by atoms with van der Waals surface area (Å²) < 4.78 is 0. The van der Waals surface area contributed by atoms with Crippen molar-refractivity contribution in [3.8, 4) is 0 Å². The fraction of sp³-hybridized carbons (Fsp3) is 0.786. The second kappa shape index (κ2) is 6.83. The molecule has 20 heavy (non-hydrogen) atoms. The molecular formula is C14H26N4O2. The van der Waals surface area contributed by atoms with E-state index in [1.54, 1.807) is 0 Å². The van der Waals surface area contributed by atoms with Gasteiger partial charge in [-0.15, -0.1) is 5.10 Å². The summed E-state index contributed by atoms with van der Waals surface area (Å²) in [7, 11) is 0. The fourth-order valence-electron chi connectivity index (χ4n) is 1.97. The molecule has 6 nitrogen and oxygen atoms in total. The summed E-state index contributed by atoms with van der Waals surface area (Å²) in [5.74, 6) is 0.629. The normalized spacial score (nSPS) is 13.6. The molecule has 1 amide bonds.